The third-order valence-electron chi connectivity index (χ3n) is 3.61. The molecule has 0 bridgehead atoms. The van der Waals surface area contributed by atoms with Gasteiger partial charge in [-0.1, -0.05) is 37.6 Å². The predicted octanol–water partition coefficient (Wildman–Crippen LogP) is 4.83. The lowest BCUT2D eigenvalue weighted by Gasteiger charge is -2.33. The van der Waals surface area contributed by atoms with E-state index in [1.807, 2.05) is 30.3 Å². The van der Waals surface area contributed by atoms with Crippen molar-refractivity contribution in [3.63, 3.8) is 0 Å². The fraction of sp³-hybridized carbons (Fsp3) is 0.438. The van der Waals surface area contributed by atoms with Gasteiger partial charge in [0.2, 0.25) is 5.12 Å². The molecule has 0 atom stereocenters. The summed E-state index contributed by atoms with van der Waals surface area (Å²) in [4.78, 5) is 13.5. The zero-order valence-electron chi connectivity index (χ0n) is 11.3. The van der Waals surface area contributed by atoms with Crippen molar-refractivity contribution < 1.29 is 4.79 Å². The van der Waals surface area contributed by atoms with Gasteiger partial charge in [0, 0.05) is 10.5 Å². The van der Waals surface area contributed by atoms with Gasteiger partial charge < -0.3 is 0 Å². The smallest absolute Gasteiger partial charge is 0.220 e. The van der Waals surface area contributed by atoms with Crippen LogP contribution in [0.1, 0.15) is 40.0 Å². The summed E-state index contributed by atoms with van der Waals surface area (Å²) in [5, 5.41) is 0.225. The Morgan fingerprint density at radius 3 is 2.50 bits per heavy atom. The highest BCUT2D eigenvalue weighted by molar-refractivity contribution is 8.14. The molecule has 0 saturated carbocycles. The number of hydrogen-bond acceptors (Lipinski definition) is 2. The first kappa shape index (κ1) is 13.4. The second kappa shape index (κ2) is 5.31. The molecule has 1 aliphatic rings. The molecule has 1 aromatic carbocycles. The van der Waals surface area contributed by atoms with E-state index in [1.54, 1.807) is 0 Å². The summed E-state index contributed by atoms with van der Waals surface area (Å²) in [6, 6.07) is 9.91. The Labute approximate surface area is 114 Å². The van der Waals surface area contributed by atoms with E-state index in [4.69, 9.17) is 0 Å². The van der Waals surface area contributed by atoms with E-state index >= 15 is 0 Å². The largest absolute Gasteiger partial charge is 0.282 e. The molecule has 0 fully saturated rings. The highest BCUT2D eigenvalue weighted by Gasteiger charge is 2.33. The maximum Gasteiger partial charge on any atom is 0.220 e. The van der Waals surface area contributed by atoms with E-state index in [-0.39, 0.29) is 10.5 Å². The molecule has 0 spiro atoms. The number of benzene rings is 1. The highest BCUT2D eigenvalue weighted by atomic mass is 32.2. The molecular weight excluding hydrogens is 240 g/mol. The Bertz CT molecular complexity index is 471. The summed E-state index contributed by atoms with van der Waals surface area (Å²) in [6.45, 7) is 6.49. The Kier molecular flexibility index (Phi) is 3.96. The topological polar surface area (TPSA) is 17.1 Å². The summed E-state index contributed by atoms with van der Waals surface area (Å²) >= 11 is 1.36. The predicted molar refractivity (Wildman–Crippen MR) is 77.6 cm³/mol. The molecule has 0 unspecified atom stereocenters. The maximum atomic E-state index is 12.5. The van der Waals surface area contributed by atoms with E-state index in [9.17, 15) is 4.79 Å². The van der Waals surface area contributed by atoms with E-state index in [2.05, 4.69) is 20.8 Å². The zero-order chi connectivity index (χ0) is 13.2. The molecule has 0 heterocycles. The van der Waals surface area contributed by atoms with E-state index < -0.39 is 0 Å². The average molecular weight is 260 g/mol. The lowest BCUT2D eigenvalue weighted by molar-refractivity contribution is -0.109. The molecule has 0 amide bonds. The fourth-order valence-electron chi connectivity index (χ4n) is 2.72. The van der Waals surface area contributed by atoms with Crippen molar-refractivity contribution in [2.45, 2.75) is 44.9 Å². The van der Waals surface area contributed by atoms with Crippen LogP contribution in [0, 0.1) is 5.41 Å². The van der Waals surface area contributed by atoms with Gasteiger partial charge >= 0.3 is 0 Å². The van der Waals surface area contributed by atoms with Gasteiger partial charge in [-0.2, -0.15) is 0 Å². The Morgan fingerprint density at radius 1 is 1.22 bits per heavy atom. The van der Waals surface area contributed by atoms with Gasteiger partial charge in [-0.15, -0.1) is 0 Å². The van der Waals surface area contributed by atoms with Crippen LogP contribution in [0.15, 0.2) is 46.4 Å². The Hall–Kier alpha value is -1.02. The van der Waals surface area contributed by atoms with Crippen LogP contribution in [0.2, 0.25) is 0 Å². The number of allylic oxidation sites excluding steroid dienone is 1. The molecule has 2 heteroatoms. The molecule has 0 radical (unpaired) electrons. The van der Waals surface area contributed by atoms with Crippen LogP contribution in [0.3, 0.4) is 0 Å². The Morgan fingerprint density at radius 2 is 1.89 bits per heavy atom. The molecular formula is C16H20OS. The van der Waals surface area contributed by atoms with Crippen molar-refractivity contribution in [3.8, 4) is 0 Å². The first-order chi connectivity index (χ1) is 8.50. The van der Waals surface area contributed by atoms with Crippen LogP contribution in [0.5, 0.6) is 0 Å². The van der Waals surface area contributed by atoms with Crippen LogP contribution < -0.4 is 0 Å². The Balaban J connectivity index is 2.23. The van der Waals surface area contributed by atoms with Crippen LogP contribution in [0.4, 0.5) is 0 Å². The first-order valence-electron chi connectivity index (χ1n) is 6.48. The van der Waals surface area contributed by atoms with Crippen molar-refractivity contribution in [3.05, 3.63) is 41.5 Å². The van der Waals surface area contributed by atoms with Gasteiger partial charge in [-0.3, -0.25) is 4.79 Å². The van der Waals surface area contributed by atoms with Gasteiger partial charge in [0.25, 0.3) is 0 Å². The van der Waals surface area contributed by atoms with Gasteiger partial charge in [0.05, 0.1) is 0 Å². The minimum absolute atomic E-state index is 0.0290. The molecule has 0 aromatic heterocycles. The molecule has 0 N–H and O–H groups in total. The van der Waals surface area contributed by atoms with Gasteiger partial charge in [0.1, 0.15) is 0 Å². The second-order valence-corrected chi connectivity index (χ2v) is 6.64. The molecule has 0 aliphatic heterocycles. The minimum atomic E-state index is 0.0290. The minimum Gasteiger partial charge on any atom is -0.282 e. The zero-order valence-corrected chi connectivity index (χ0v) is 12.1. The van der Waals surface area contributed by atoms with Gasteiger partial charge in [-0.05, 0) is 55.5 Å². The van der Waals surface area contributed by atoms with E-state index in [1.165, 1.54) is 23.8 Å². The fourth-order valence-corrected chi connectivity index (χ4v) is 3.78. The number of carbonyl (C=O) groups is 1. The van der Waals surface area contributed by atoms with Crippen molar-refractivity contribution in [2.24, 2.45) is 5.41 Å². The maximum absolute atomic E-state index is 12.5. The van der Waals surface area contributed by atoms with Crippen molar-refractivity contribution in [1.82, 2.24) is 0 Å². The molecule has 0 saturated heterocycles. The van der Waals surface area contributed by atoms with Gasteiger partial charge in [0.15, 0.2) is 0 Å². The van der Waals surface area contributed by atoms with Gasteiger partial charge in [-0.25, -0.2) is 0 Å². The molecule has 18 heavy (non-hydrogen) atoms. The monoisotopic (exact) mass is 260 g/mol. The lowest BCUT2D eigenvalue weighted by atomic mass is 9.73. The SMILES string of the molecule is CC1=C(C(=O)Sc2ccccc2)C(C)(C)CCC1. The van der Waals surface area contributed by atoms with Crippen LogP contribution in [-0.4, -0.2) is 5.12 Å². The van der Waals surface area contributed by atoms with Crippen LogP contribution in [0.25, 0.3) is 0 Å². The number of carbonyl (C=O) groups excluding carboxylic acids is 1. The standard InChI is InChI=1S/C16H20OS/c1-12-8-7-11-16(2,3)14(12)15(17)18-13-9-5-4-6-10-13/h4-6,9-10H,7-8,11H2,1-3H3. The summed E-state index contributed by atoms with van der Waals surface area (Å²) in [6.07, 6.45) is 3.38. The van der Waals surface area contributed by atoms with Crippen LogP contribution in [-0.2, 0) is 4.79 Å². The van der Waals surface area contributed by atoms with E-state index in [0.717, 1.165) is 23.3 Å². The molecule has 96 valence electrons. The average Bonchev–Trinajstić information content (AvgIpc) is 2.28. The highest BCUT2D eigenvalue weighted by Crippen LogP contribution is 2.43. The summed E-state index contributed by atoms with van der Waals surface area (Å²) in [5.74, 6) is 0. The van der Waals surface area contributed by atoms with Crippen molar-refractivity contribution >= 4 is 16.9 Å². The quantitative estimate of drug-likeness (QED) is 0.708. The molecule has 2 rings (SSSR count). The third-order valence-corrected chi connectivity index (χ3v) is 4.51. The second-order valence-electron chi connectivity index (χ2n) is 5.60. The lowest BCUT2D eigenvalue weighted by Crippen LogP contribution is -2.24. The third kappa shape index (κ3) is 2.86. The number of thioether (sulfide) groups is 1. The van der Waals surface area contributed by atoms with Crippen molar-refractivity contribution in [2.75, 3.05) is 0 Å². The van der Waals surface area contributed by atoms with E-state index in [0.29, 0.717) is 0 Å². The first-order valence-corrected chi connectivity index (χ1v) is 7.30. The summed E-state index contributed by atoms with van der Waals surface area (Å²) < 4.78 is 0. The summed E-state index contributed by atoms with van der Waals surface area (Å²) in [7, 11) is 0. The summed E-state index contributed by atoms with van der Waals surface area (Å²) in [5.41, 5.74) is 2.35. The number of hydrogen-bond donors (Lipinski definition) is 0. The molecule has 1 aromatic rings. The normalized spacial score (nSPS) is 18.8. The molecule has 1 aliphatic carbocycles. The molecule has 1 nitrogen and oxygen atoms in total. The van der Waals surface area contributed by atoms with Crippen molar-refractivity contribution in [1.29, 1.82) is 0 Å². The number of rotatable bonds is 2. The van der Waals surface area contributed by atoms with Crippen LogP contribution >= 0.6 is 11.8 Å².